The van der Waals surface area contributed by atoms with Gasteiger partial charge in [0.15, 0.2) is 5.65 Å². The van der Waals surface area contributed by atoms with Crippen LogP contribution < -0.4 is 0 Å². The van der Waals surface area contributed by atoms with E-state index in [0.29, 0.717) is 11.1 Å². The number of fused-ring (bicyclic) bond motifs is 1. The lowest BCUT2D eigenvalue weighted by molar-refractivity contribution is 0.247. The van der Waals surface area contributed by atoms with Gasteiger partial charge in [0.05, 0.1) is 18.7 Å². The van der Waals surface area contributed by atoms with Crippen molar-refractivity contribution in [2.24, 2.45) is 5.92 Å². The molecule has 0 radical (unpaired) electrons. The number of rotatable bonds is 6. The Bertz CT molecular complexity index is 762. The molecule has 1 aliphatic carbocycles. The third-order valence-corrected chi connectivity index (χ3v) is 4.97. The first-order valence-corrected chi connectivity index (χ1v) is 9.18. The minimum Gasteiger partial charge on any atom is -0.356 e. The predicted molar refractivity (Wildman–Crippen MR) is 96.4 cm³/mol. The van der Waals surface area contributed by atoms with Gasteiger partial charge in [-0.25, -0.2) is 9.97 Å². The van der Waals surface area contributed by atoms with Gasteiger partial charge in [-0.2, -0.15) is 0 Å². The topological polar surface area (TPSA) is 37.2 Å². The second-order valence-electron chi connectivity index (χ2n) is 7.27. The molecular weight excluding hydrogens is 322 g/mol. The second kappa shape index (κ2) is 6.28. The van der Waals surface area contributed by atoms with Gasteiger partial charge in [-0.05, 0) is 37.3 Å². The number of imidazole rings is 1. The highest BCUT2D eigenvalue weighted by molar-refractivity contribution is 6.29. The Hall–Kier alpha value is -1.75. The Kier molecular flexibility index (Phi) is 4.12. The molecular formula is C18H24ClN5. The maximum absolute atomic E-state index is 6.05. The molecule has 0 spiro atoms. The molecule has 0 N–H and O–H groups in total. The van der Waals surface area contributed by atoms with Crippen molar-refractivity contribution in [1.29, 1.82) is 0 Å². The van der Waals surface area contributed by atoms with Crippen LogP contribution in [0.3, 0.4) is 0 Å². The van der Waals surface area contributed by atoms with Crippen molar-refractivity contribution >= 4 is 22.8 Å². The average Bonchev–Trinajstić information content (AvgIpc) is 3.19. The summed E-state index contributed by atoms with van der Waals surface area (Å²) >= 11 is 6.05. The molecule has 5 nitrogen and oxygen atoms in total. The molecule has 1 fully saturated rings. The second-order valence-corrected chi connectivity index (χ2v) is 7.66. The first kappa shape index (κ1) is 15.8. The molecule has 3 heterocycles. The van der Waals surface area contributed by atoms with Crippen LogP contribution in [-0.4, -0.2) is 37.0 Å². The van der Waals surface area contributed by atoms with Crippen molar-refractivity contribution in [2.45, 2.75) is 52.2 Å². The summed E-state index contributed by atoms with van der Waals surface area (Å²) in [5.41, 5.74) is 1.83. The fourth-order valence-corrected chi connectivity index (χ4v) is 3.34. The quantitative estimate of drug-likeness (QED) is 0.745. The van der Waals surface area contributed by atoms with Gasteiger partial charge in [-0.15, -0.1) is 0 Å². The zero-order chi connectivity index (χ0) is 16.7. The molecule has 1 aliphatic heterocycles. The number of aromatic nitrogens is 3. The van der Waals surface area contributed by atoms with Gasteiger partial charge < -0.3 is 14.4 Å². The molecule has 2 aromatic heterocycles. The fraction of sp³-hybridized carbons (Fsp3) is 0.556. The molecule has 0 unspecified atom stereocenters. The molecule has 4 rings (SSSR count). The van der Waals surface area contributed by atoms with E-state index >= 15 is 0 Å². The molecule has 2 aliphatic rings. The zero-order valence-electron chi connectivity index (χ0n) is 14.3. The number of aryl methyl sites for hydroxylation is 1. The van der Waals surface area contributed by atoms with Gasteiger partial charge >= 0.3 is 0 Å². The number of hydrogen-bond donors (Lipinski definition) is 0. The SMILES string of the molecule is CC(C)CCn1c(CN2C=CN(C3CC3)C2)nc2nc(Cl)ccc21. The monoisotopic (exact) mass is 345 g/mol. The minimum atomic E-state index is 0.503. The molecule has 0 bridgehead atoms. The molecule has 128 valence electrons. The van der Waals surface area contributed by atoms with E-state index in [1.54, 1.807) is 0 Å². The van der Waals surface area contributed by atoms with E-state index in [1.807, 2.05) is 12.1 Å². The lowest BCUT2D eigenvalue weighted by atomic mass is 10.1. The molecule has 24 heavy (non-hydrogen) atoms. The molecule has 0 aromatic carbocycles. The smallest absolute Gasteiger partial charge is 0.179 e. The van der Waals surface area contributed by atoms with E-state index in [9.17, 15) is 0 Å². The standard InChI is InChI=1S/C18H24ClN5/c1-13(2)7-8-24-15-5-6-16(19)20-18(15)21-17(24)11-22-9-10-23(12-22)14-3-4-14/h5-6,9-10,13-14H,3-4,7-8,11-12H2,1-2H3. The van der Waals surface area contributed by atoms with E-state index in [-0.39, 0.29) is 0 Å². The lowest BCUT2D eigenvalue weighted by Gasteiger charge is -2.21. The highest BCUT2D eigenvalue weighted by atomic mass is 35.5. The fourth-order valence-electron chi connectivity index (χ4n) is 3.20. The molecule has 2 aromatic rings. The Balaban J connectivity index is 1.58. The van der Waals surface area contributed by atoms with Crippen molar-refractivity contribution in [3.63, 3.8) is 0 Å². The summed E-state index contributed by atoms with van der Waals surface area (Å²) in [6, 6.07) is 4.65. The van der Waals surface area contributed by atoms with Crippen LogP contribution >= 0.6 is 11.6 Å². The van der Waals surface area contributed by atoms with E-state index in [1.165, 1.54) is 12.8 Å². The van der Waals surface area contributed by atoms with E-state index in [4.69, 9.17) is 16.6 Å². The Labute approximate surface area is 147 Å². The molecule has 6 heteroatoms. The maximum Gasteiger partial charge on any atom is 0.179 e. The Morgan fingerprint density at radius 3 is 2.79 bits per heavy atom. The van der Waals surface area contributed by atoms with Crippen LogP contribution in [0.4, 0.5) is 0 Å². The highest BCUT2D eigenvalue weighted by Crippen LogP contribution is 2.30. The minimum absolute atomic E-state index is 0.503. The van der Waals surface area contributed by atoms with Crippen LogP contribution in [0.2, 0.25) is 5.15 Å². The van der Waals surface area contributed by atoms with Crippen LogP contribution in [0.15, 0.2) is 24.5 Å². The Morgan fingerprint density at radius 2 is 2.04 bits per heavy atom. The van der Waals surface area contributed by atoms with Gasteiger partial charge in [0.2, 0.25) is 0 Å². The van der Waals surface area contributed by atoms with Crippen molar-refractivity contribution in [1.82, 2.24) is 24.3 Å². The van der Waals surface area contributed by atoms with Gasteiger partial charge in [-0.1, -0.05) is 25.4 Å². The van der Waals surface area contributed by atoms with E-state index < -0.39 is 0 Å². The molecule has 0 atom stereocenters. The highest BCUT2D eigenvalue weighted by Gasteiger charge is 2.30. The van der Waals surface area contributed by atoms with Crippen LogP contribution in [0.5, 0.6) is 0 Å². The largest absolute Gasteiger partial charge is 0.356 e. The summed E-state index contributed by atoms with van der Waals surface area (Å²) in [6.07, 6.45) is 8.19. The molecule has 0 amide bonds. The first-order valence-electron chi connectivity index (χ1n) is 8.80. The summed E-state index contributed by atoms with van der Waals surface area (Å²) < 4.78 is 2.31. The van der Waals surface area contributed by atoms with Crippen molar-refractivity contribution in [2.75, 3.05) is 6.67 Å². The average molecular weight is 346 g/mol. The van der Waals surface area contributed by atoms with Gasteiger partial charge in [0.1, 0.15) is 11.0 Å². The van der Waals surface area contributed by atoms with Crippen molar-refractivity contribution < 1.29 is 0 Å². The Morgan fingerprint density at radius 1 is 1.21 bits per heavy atom. The number of halogens is 1. The maximum atomic E-state index is 6.05. The number of hydrogen-bond acceptors (Lipinski definition) is 4. The summed E-state index contributed by atoms with van der Waals surface area (Å²) in [7, 11) is 0. The zero-order valence-corrected chi connectivity index (χ0v) is 15.1. The van der Waals surface area contributed by atoms with Crippen LogP contribution in [-0.2, 0) is 13.1 Å². The third kappa shape index (κ3) is 3.22. The van der Waals surface area contributed by atoms with E-state index in [2.05, 4.69) is 45.6 Å². The summed E-state index contributed by atoms with van der Waals surface area (Å²) in [4.78, 5) is 13.9. The number of nitrogens with zero attached hydrogens (tertiary/aromatic N) is 5. The van der Waals surface area contributed by atoms with E-state index in [0.717, 1.165) is 49.2 Å². The van der Waals surface area contributed by atoms with Crippen molar-refractivity contribution in [3.05, 3.63) is 35.5 Å². The summed E-state index contributed by atoms with van der Waals surface area (Å²) in [5, 5.41) is 0.503. The lowest BCUT2D eigenvalue weighted by Crippen LogP contribution is -2.27. The number of pyridine rings is 1. The van der Waals surface area contributed by atoms with Gasteiger partial charge in [0, 0.05) is 25.0 Å². The summed E-state index contributed by atoms with van der Waals surface area (Å²) in [5.74, 6) is 1.73. The van der Waals surface area contributed by atoms with Crippen molar-refractivity contribution in [3.8, 4) is 0 Å². The van der Waals surface area contributed by atoms with Gasteiger partial charge in [0.25, 0.3) is 0 Å². The molecule has 1 saturated carbocycles. The first-order chi connectivity index (χ1) is 11.6. The van der Waals surface area contributed by atoms with Gasteiger partial charge in [-0.3, -0.25) is 0 Å². The normalized spacial score (nSPS) is 17.7. The predicted octanol–water partition coefficient (Wildman–Crippen LogP) is 3.84. The van der Waals surface area contributed by atoms with Crippen LogP contribution in [0, 0.1) is 5.92 Å². The molecule has 0 saturated heterocycles. The van der Waals surface area contributed by atoms with Crippen LogP contribution in [0.25, 0.3) is 11.2 Å². The van der Waals surface area contributed by atoms with Crippen LogP contribution in [0.1, 0.15) is 38.9 Å². The third-order valence-electron chi connectivity index (χ3n) is 4.76. The summed E-state index contributed by atoms with van der Waals surface area (Å²) in [6.45, 7) is 7.25.